The van der Waals surface area contributed by atoms with Crippen LogP contribution in [-0.4, -0.2) is 43.4 Å². The summed E-state index contributed by atoms with van der Waals surface area (Å²) in [5, 5.41) is 9.16. The lowest BCUT2D eigenvalue weighted by atomic mass is 10.1. The van der Waals surface area contributed by atoms with E-state index in [2.05, 4.69) is 11.0 Å². The second-order valence-electron chi connectivity index (χ2n) is 4.99. The maximum atomic E-state index is 9.16. The third kappa shape index (κ3) is 3.61. The molecule has 0 saturated carbocycles. The summed E-state index contributed by atoms with van der Waals surface area (Å²) in [6, 6.07) is 6.09. The van der Waals surface area contributed by atoms with E-state index in [0.717, 1.165) is 37.6 Å². The SMILES string of the molecule is CCOc1ccc(CN2CCC(CO)C2)cc1OC. The quantitative estimate of drug-likeness (QED) is 0.853. The van der Waals surface area contributed by atoms with Gasteiger partial charge in [-0.05, 0) is 43.5 Å². The third-order valence-electron chi connectivity index (χ3n) is 3.56. The van der Waals surface area contributed by atoms with Gasteiger partial charge in [0, 0.05) is 19.7 Å². The van der Waals surface area contributed by atoms with Gasteiger partial charge in [0.25, 0.3) is 0 Å². The number of hydrogen-bond acceptors (Lipinski definition) is 4. The number of aliphatic hydroxyl groups excluding tert-OH is 1. The Morgan fingerprint density at radius 2 is 2.21 bits per heavy atom. The van der Waals surface area contributed by atoms with Crippen LogP contribution in [0.3, 0.4) is 0 Å². The van der Waals surface area contributed by atoms with Crippen molar-refractivity contribution < 1.29 is 14.6 Å². The van der Waals surface area contributed by atoms with Gasteiger partial charge in [-0.1, -0.05) is 6.07 Å². The zero-order valence-corrected chi connectivity index (χ0v) is 11.8. The first kappa shape index (κ1) is 14.2. The Hall–Kier alpha value is -1.26. The lowest BCUT2D eigenvalue weighted by Gasteiger charge is -2.17. The van der Waals surface area contributed by atoms with E-state index >= 15 is 0 Å². The summed E-state index contributed by atoms with van der Waals surface area (Å²) in [6.07, 6.45) is 1.09. The molecule has 0 bridgehead atoms. The highest BCUT2D eigenvalue weighted by Crippen LogP contribution is 2.29. The number of methoxy groups -OCH3 is 1. The lowest BCUT2D eigenvalue weighted by Crippen LogP contribution is -2.21. The summed E-state index contributed by atoms with van der Waals surface area (Å²) >= 11 is 0. The maximum absolute atomic E-state index is 9.16. The number of benzene rings is 1. The van der Waals surface area contributed by atoms with E-state index in [9.17, 15) is 0 Å². The van der Waals surface area contributed by atoms with Crippen molar-refractivity contribution in [3.63, 3.8) is 0 Å². The van der Waals surface area contributed by atoms with Crippen molar-refractivity contribution in [1.29, 1.82) is 0 Å². The zero-order valence-electron chi connectivity index (χ0n) is 11.8. The zero-order chi connectivity index (χ0) is 13.7. The monoisotopic (exact) mass is 265 g/mol. The van der Waals surface area contributed by atoms with E-state index in [1.807, 2.05) is 19.1 Å². The first-order valence-corrected chi connectivity index (χ1v) is 6.89. The fourth-order valence-electron chi connectivity index (χ4n) is 2.55. The Labute approximate surface area is 114 Å². The van der Waals surface area contributed by atoms with Gasteiger partial charge in [0.15, 0.2) is 11.5 Å². The molecule has 1 unspecified atom stereocenters. The Bertz CT molecular complexity index is 408. The van der Waals surface area contributed by atoms with E-state index in [0.29, 0.717) is 19.1 Å². The molecule has 1 aliphatic heterocycles. The van der Waals surface area contributed by atoms with E-state index in [-0.39, 0.29) is 0 Å². The Morgan fingerprint density at radius 1 is 1.37 bits per heavy atom. The van der Waals surface area contributed by atoms with Crippen LogP contribution >= 0.6 is 0 Å². The smallest absolute Gasteiger partial charge is 0.161 e. The summed E-state index contributed by atoms with van der Waals surface area (Å²) < 4.78 is 10.9. The van der Waals surface area contributed by atoms with Crippen molar-refractivity contribution in [3.8, 4) is 11.5 Å². The van der Waals surface area contributed by atoms with Crippen LogP contribution in [0.15, 0.2) is 18.2 Å². The molecular formula is C15H23NO3. The predicted octanol–water partition coefficient (Wildman–Crippen LogP) is 1.91. The minimum Gasteiger partial charge on any atom is -0.493 e. The average Bonchev–Trinajstić information content (AvgIpc) is 2.88. The van der Waals surface area contributed by atoms with Crippen LogP contribution < -0.4 is 9.47 Å². The number of hydrogen-bond donors (Lipinski definition) is 1. The van der Waals surface area contributed by atoms with Crippen LogP contribution in [-0.2, 0) is 6.54 Å². The highest BCUT2D eigenvalue weighted by molar-refractivity contribution is 5.42. The van der Waals surface area contributed by atoms with Crippen molar-refractivity contribution in [3.05, 3.63) is 23.8 Å². The van der Waals surface area contributed by atoms with Crippen LogP contribution in [0.5, 0.6) is 11.5 Å². The largest absolute Gasteiger partial charge is 0.493 e. The molecule has 2 rings (SSSR count). The van der Waals surface area contributed by atoms with E-state index in [1.54, 1.807) is 7.11 Å². The fraction of sp³-hybridized carbons (Fsp3) is 0.600. The normalized spacial score (nSPS) is 19.6. The molecular weight excluding hydrogens is 242 g/mol. The minimum absolute atomic E-state index is 0.295. The Morgan fingerprint density at radius 3 is 2.84 bits per heavy atom. The van der Waals surface area contributed by atoms with Crippen LogP contribution in [0.25, 0.3) is 0 Å². The first-order chi connectivity index (χ1) is 9.26. The molecule has 0 spiro atoms. The van der Waals surface area contributed by atoms with Crippen LogP contribution in [0.4, 0.5) is 0 Å². The molecule has 1 heterocycles. The van der Waals surface area contributed by atoms with Crippen LogP contribution in [0.2, 0.25) is 0 Å². The van der Waals surface area contributed by atoms with Gasteiger partial charge in [0.2, 0.25) is 0 Å². The van der Waals surface area contributed by atoms with Crippen molar-refractivity contribution in [2.75, 3.05) is 33.4 Å². The first-order valence-electron chi connectivity index (χ1n) is 6.89. The number of ether oxygens (including phenoxy) is 2. The molecule has 1 fully saturated rings. The molecule has 19 heavy (non-hydrogen) atoms. The number of nitrogens with zero attached hydrogens (tertiary/aromatic N) is 1. The number of likely N-dealkylation sites (tertiary alicyclic amines) is 1. The summed E-state index contributed by atoms with van der Waals surface area (Å²) in [4.78, 5) is 2.37. The molecule has 0 aliphatic carbocycles. The summed E-state index contributed by atoms with van der Waals surface area (Å²) in [6.45, 7) is 5.84. The molecule has 1 aliphatic rings. The van der Waals surface area contributed by atoms with Gasteiger partial charge in [-0.15, -0.1) is 0 Å². The van der Waals surface area contributed by atoms with E-state index in [4.69, 9.17) is 14.6 Å². The molecule has 1 atom stereocenters. The van der Waals surface area contributed by atoms with Gasteiger partial charge in [0.1, 0.15) is 0 Å². The van der Waals surface area contributed by atoms with Crippen LogP contribution in [0.1, 0.15) is 18.9 Å². The number of rotatable bonds is 6. The predicted molar refractivity (Wildman–Crippen MR) is 74.6 cm³/mol. The van der Waals surface area contributed by atoms with Gasteiger partial charge in [0.05, 0.1) is 13.7 Å². The van der Waals surface area contributed by atoms with Gasteiger partial charge in [-0.3, -0.25) is 4.90 Å². The van der Waals surface area contributed by atoms with Crippen molar-refractivity contribution >= 4 is 0 Å². The Kier molecular flexibility index (Phi) is 5.05. The summed E-state index contributed by atoms with van der Waals surface area (Å²) in [5.74, 6) is 2.02. The van der Waals surface area contributed by atoms with Crippen LogP contribution in [0, 0.1) is 5.92 Å². The Balaban J connectivity index is 2.01. The molecule has 0 radical (unpaired) electrons. The highest BCUT2D eigenvalue weighted by atomic mass is 16.5. The second-order valence-corrected chi connectivity index (χ2v) is 4.99. The van der Waals surface area contributed by atoms with Gasteiger partial charge < -0.3 is 14.6 Å². The summed E-state index contributed by atoms with van der Waals surface area (Å²) in [5.41, 5.74) is 1.22. The van der Waals surface area contributed by atoms with E-state index in [1.165, 1.54) is 5.56 Å². The third-order valence-corrected chi connectivity index (χ3v) is 3.56. The standard InChI is InChI=1S/C15H23NO3/c1-3-19-14-5-4-12(8-15(14)18-2)9-16-7-6-13(10-16)11-17/h4-5,8,13,17H,3,6-7,9-11H2,1-2H3. The van der Waals surface area contributed by atoms with Crippen molar-refractivity contribution in [2.24, 2.45) is 5.92 Å². The number of aliphatic hydroxyl groups is 1. The molecule has 0 aromatic heterocycles. The minimum atomic E-state index is 0.295. The fourth-order valence-corrected chi connectivity index (χ4v) is 2.55. The molecule has 4 nitrogen and oxygen atoms in total. The van der Waals surface area contributed by atoms with Gasteiger partial charge >= 0.3 is 0 Å². The molecule has 1 N–H and O–H groups in total. The molecule has 1 aromatic carbocycles. The van der Waals surface area contributed by atoms with E-state index < -0.39 is 0 Å². The molecule has 1 aromatic rings. The second kappa shape index (κ2) is 6.78. The topological polar surface area (TPSA) is 41.9 Å². The highest BCUT2D eigenvalue weighted by Gasteiger charge is 2.21. The van der Waals surface area contributed by atoms with Gasteiger partial charge in [-0.2, -0.15) is 0 Å². The molecule has 1 saturated heterocycles. The van der Waals surface area contributed by atoms with Crippen molar-refractivity contribution in [2.45, 2.75) is 19.9 Å². The van der Waals surface area contributed by atoms with Gasteiger partial charge in [-0.25, -0.2) is 0 Å². The molecule has 106 valence electrons. The average molecular weight is 265 g/mol. The maximum Gasteiger partial charge on any atom is 0.161 e. The molecule has 0 amide bonds. The lowest BCUT2D eigenvalue weighted by molar-refractivity contribution is 0.220. The summed E-state index contributed by atoms with van der Waals surface area (Å²) in [7, 11) is 1.67. The molecule has 4 heteroatoms. The van der Waals surface area contributed by atoms with Crippen molar-refractivity contribution in [1.82, 2.24) is 4.90 Å².